The zero-order valence-corrected chi connectivity index (χ0v) is 10.1. The first kappa shape index (κ1) is 10.2. The SMILES string of the molecule is Cc1cc(Br)c2c(c1)C(CCN)CC2. The van der Waals surface area contributed by atoms with E-state index >= 15 is 0 Å². The third kappa shape index (κ3) is 1.73. The Morgan fingerprint density at radius 2 is 2.29 bits per heavy atom. The van der Waals surface area contributed by atoms with Gasteiger partial charge in [-0.15, -0.1) is 0 Å². The van der Waals surface area contributed by atoms with Crippen molar-refractivity contribution in [1.82, 2.24) is 0 Å². The van der Waals surface area contributed by atoms with Gasteiger partial charge >= 0.3 is 0 Å². The monoisotopic (exact) mass is 253 g/mol. The van der Waals surface area contributed by atoms with Crippen LogP contribution in [0, 0.1) is 6.92 Å². The Hall–Kier alpha value is -0.340. The lowest BCUT2D eigenvalue weighted by Gasteiger charge is -2.11. The summed E-state index contributed by atoms with van der Waals surface area (Å²) in [6, 6.07) is 4.54. The molecule has 0 radical (unpaired) electrons. The lowest BCUT2D eigenvalue weighted by atomic mass is 9.96. The Labute approximate surface area is 93.8 Å². The smallest absolute Gasteiger partial charge is 0.0212 e. The predicted molar refractivity (Wildman–Crippen MR) is 63.6 cm³/mol. The molecule has 0 saturated carbocycles. The molecular formula is C12H16BrN. The van der Waals surface area contributed by atoms with Crippen molar-refractivity contribution in [3.63, 3.8) is 0 Å². The topological polar surface area (TPSA) is 26.0 Å². The van der Waals surface area contributed by atoms with Gasteiger partial charge in [0.25, 0.3) is 0 Å². The van der Waals surface area contributed by atoms with Crippen molar-refractivity contribution < 1.29 is 0 Å². The molecule has 0 aromatic heterocycles. The van der Waals surface area contributed by atoms with E-state index < -0.39 is 0 Å². The van der Waals surface area contributed by atoms with Crippen molar-refractivity contribution in [3.8, 4) is 0 Å². The highest BCUT2D eigenvalue weighted by Crippen LogP contribution is 2.39. The molecule has 2 heteroatoms. The Kier molecular flexibility index (Phi) is 2.93. The molecule has 2 rings (SSSR count). The average molecular weight is 254 g/mol. The number of aryl methyl sites for hydroxylation is 1. The van der Waals surface area contributed by atoms with Crippen LogP contribution in [0.25, 0.3) is 0 Å². The van der Waals surface area contributed by atoms with Gasteiger partial charge in [-0.05, 0) is 61.4 Å². The lowest BCUT2D eigenvalue weighted by Crippen LogP contribution is -2.04. The van der Waals surface area contributed by atoms with Crippen molar-refractivity contribution in [2.45, 2.75) is 32.1 Å². The van der Waals surface area contributed by atoms with Gasteiger partial charge in [0.05, 0.1) is 0 Å². The van der Waals surface area contributed by atoms with Crippen LogP contribution in [-0.2, 0) is 6.42 Å². The first-order valence-corrected chi connectivity index (χ1v) is 6.00. The molecule has 1 aromatic rings. The second-order valence-electron chi connectivity index (χ2n) is 4.13. The average Bonchev–Trinajstić information content (AvgIpc) is 2.49. The molecule has 0 heterocycles. The minimum Gasteiger partial charge on any atom is -0.330 e. The van der Waals surface area contributed by atoms with E-state index in [4.69, 9.17) is 5.73 Å². The van der Waals surface area contributed by atoms with Crippen molar-refractivity contribution in [3.05, 3.63) is 33.3 Å². The van der Waals surface area contributed by atoms with Crippen LogP contribution in [0.1, 0.15) is 35.4 Å². The molecular weight excluding hydrogens is 238 g/mol. The van der Waals surface area contributed by atoms with Gasteiger partial charge in [0, 0.05) is 4.47 Å². The van der Waals surface area contributed by atoms with Gasteiger partial charge in [-0.1, -0.05) is 22.0 Å². The molecule has 1 aromatic carbocycles. The molecule has 0 amide bonds. The summed E-state index contributed by atoms with van der Waals surface area (Å²) in [5.74, 6) is 0.700. The third-order valence-electron chi connectivity index (χ3n) is 3.07. The van der Waals surface area contributed by atoms with E-state index in [1.807, 2.05) is 0 Å². The summed E-state index contributed by atoms with van der Waals surface area (Å²) in [7, 11) is 0. The van der Waals surface area contributed by atoms with E-state index in [2.05, 4.69) is 35.0 Å². The van der Waals surface area contributed by atoms with Gasteiger partial charge in [0.2, 0.25) is 0 Å². The highest BCUT2D eigenvalue weighted by Gasteiger charge is 2.23. The molecule has 0 aliphatic heterocycles. The van der Waals surface area contributed by atoms with Crippen LogP contribution in [-0.4, -0.2) is 6.54 Å². The number of hydrogen-bond donors (Lipinski definition) is 1. The molecule has 0 saturated heterocycles. The summed E-state index contributed by atoms with van der Waals surface area (Å²) in [5.41, 5.74) is 10.0. The van der Waals surface area contributed by atoms with Gasteiger partial charge in [0.1, 0.15) is 0 Å². The normalized spacial score (nSPS) is 19.8. The van der Waals surface area contributed by atoms with Gasteiger partial charge in [-0.3, -0.25) is 0 Å². The van der Waals surface area contributed by atoms with Crippen molar-refractivity contribution >= 4 is 15.9 Å². The summed E-state index contributed by atoms with van der Waals surface area (Å²) in [6.07, 6.45) is 3.61. The van der Waals surface area contributed by atoms with Crippen LogP contribution >= 0.6 is 15.9 Å². The molecule has 1 nitrogen and oxygen atoms in total. The second-order valence-corrected chi connectivity index (χ2v) is 4.98. The van der Waals surface area contributed by atoms with Crippen LogP contribution in [0.4, 0.5) is 0 Å². The minimum atomic E-state index is 0.700. The van der Waals surface area contributed by atoms with Crippen LogP contribution in [0.2, 0.25) is 0 Å². The van der Waals surface area contributed by atoms with E-state index in [9.17, 15) is 0 Å². The van der Waals surface area contributed by atoms with E-state index in [0.717, 1.165) is 13.0 Å². The van der Waals surface area contributed by atoms with Crippen LogP contribution in [0.3, 0.4) is 0 Å². The molecule has 76 valence electrons. The van der Waals surface area contributed by atoms with Crippen molar-refractivity contribution in [1.29, 1.82) is 0 Å². The maximum absolute atomic E-state index is 5.63. The quantitative estimate of drug-likeness (QED) is 0.862. The Morgan fingerprint density at radius 1 is 1.50 bits per heavy atom. The zero-order chi connectivity index (χ0) is 10.1. The number of rotatable bonds is 2. The molecule has 1 aliphatic rings. The Balaban J connectivity index is 2.38. The van der Waals surface area contributed by atoms with E-state index in [0.29, 0.717) is 5.92 Å². The second kappa shape index (κ2) is 4.03. The van der Waals surface area contributed by atoms with Crippen LogP contribution < -0.4 is 5.73 Å². The summed E-state index contributed by atoms with van der Waals surface area (Å²) in [6.45, 7) is 2.96. The first-order valence-electron chi connectivity index (χ1n) is 5.21. The van der Waals surface area contributed by atoms with Crippen molar-refractivity contribution in [2.75, 3.05) is 6.54 Å². The fourth-order valence-electron chi connectivity index (χ4n) is 2.40. The van der Waals surface area contributed by atoms with Crippen LogP contribution in [0.15, 0.2) is 16.6 Å². The number of benzene rings is 1. The molecule has 2 N–H and O–H groups in total. The molecule has 0 spiro atoms. The van der Waals surface area contributed by atoms with E-state index in [-0.39, 0.29) is 0 Å². The summed E-state index contributed by atoms with van der Waals surface area (Å²) in [5, 5.41) is 0. The standard InChI is InChI=1S/C12H16BrN/c1-8-6-11-9(4-5-14)2-3-10(11)12(13)7-8/h6-7,9H,2-5,14H2,1H3. The van der Waals surface area contributed by atoms with Gasteiger partial charge in [-0.25, -0.2) is 0 Å². The molecule has 1 aliphatic carbocycles. The minimum absolute atomic E-state index is 0.700. The number of hydrogen-bond acceptors (Lipinski definition) is 1. The lowest BCUT2D eigenvalue weighted by molar-refractivity contribution is 0.627. The maximum atomic E-state index is 5.63. The fraction of sp³-hybridized carbons (Fsp3) is 0.500. The summed E-state index contributed by atoms with van der Waals surface area (Å²) in [4.78, 5) is 0. The van der Waals surface area contributed by atoms with Crippen LogP contribution in [0.5, 0.6) is 0 Å². The molecule has 1 atom stereocenters. The molecule has 14 heavy (non-hydrogen) atoms. The first-order chi connectivity index (χ1) is 6.72. The number of nitrogens with two attached hydrogens (primary N) is 1. The Morgan fingerprint density at radius 3 is 3.00 bits per heavy atom. The summed E-state index contributed by atoms with van der Waals surface area (Å²) >= 11 is 3.65. The highest BCUT2D eigenvalue weighted by atomic mass is 79.9. The predicted octanol–water partition coefficient (Wildman–Crippen LogP) is 3.14. The van der Waals surface area contributed by atoms with E-state index in [1.165, 1.54) is 34.0 Å². The maximum Gasteiger partial charge on any atom is 0.0212 e. The van der Waals surface area contributed by atoms with E-state index in [1.54, 1.807) is 0 Å². The largest absolute Gasteiger partial charge is 0.330 e. The third-order valence-corrected chi connectivity index (χ3v) is 3.78. The number of fused-ring (bicyclic) bond motifs is 1. The Bertz CT molecular complexity index is 346. The zero-order valence-electron chi connectivity index (χ0n) is 8.52. The molecule has 1 unspecified atom stereocenters. The van der Waals surface area contributed by atoms with Gasteiger partial charge in [-0.2, -0.15) is 0 Å². The molecule has 0 bridgehead atoms. The highest BCUT2D eigenvalue weighted by molar-refractivity contribution is 9.10. The van der Waals surface area contributed by atoms with Gasteiger partial charge < -0.3 is 5.73 Å². The van der Waals surface area contributed by atoms with Crippen molar-refractivity contribution in [2.24, 2.45) is 5.73 Å². The number of halogens is 1. The molecule has 0 fully saturated rings. The fourth-order valence-corrected chi connectivity index (χ4v) is 3.19. The van der Waals surface area contributed by atoms with Gasteiger partial charge in [0.15, 0.2) is 0 Å². The summed E-state index contributed by atoms with van der Waals surface area (Å²) < 4.78 is 1.28.